The molecule has 1 heterocycles. The molecular formula is C24H38N4O4. The number of likely N-dealkylation sites (tertiary alicyclic amines) is 1. The van der Waals surface area contributed by atoms with E-state index in [1.165, 1.54) is 32.1 Å². The van der Waals surface area contributed by atoms with Gasteiger partial charge in [0, 0.05) is 26.2 Å². The number of carboxylic acids is 1. The number of hydrogen-bond donors (Lipinski definition) is 4. The maximum absolute atomic E-state index is 12.5. The molecule has 1 aliphatic carbocycles. The molecule has 32 heavy (non-hydrogen) atoms. The van der Waals surface area contributed by atoms with Gasteiger partial charge in [0.05, 0.1) is 12.6 Å². The third kappa shape index (κ3) is 9.36. The number of benzene rings is 1. The van der Waals surface area contributed by atoms with Crippen LogP contribution in [0.5, 0.6) is 0 Å². The summed E-state index contributed by atoms with van der Waals surface area (Å²) in [4.78, 5) is 35.1. The van der Waals surface area contributed by atoms with Crippen LogP contribution in [-0.2, 0) is 27.5 Å². The molecule has 0 spiro atoms. The van der Waals surface area contributed by atoms with Crippen molar-refractivity contribution in [1.82, 2.24) is 15.5 Å². The van der Waals surface area contributed by atoms with Gasteiger partial charge in [0.25, 0.3) is 0 Å². The molecule has 2 fully saturated rings. The minimum Gasteiger partial charge on any atom is -0.480 e. The Balaban J connectivity index is 0.000000258. The molecule has 178 valence electrons. The lowest BCUT2D eigenvalue weighted by molar-refractivity contribution is -0.137. The summed E-state index contributed by atoms with van der Waals surface area (Å²) >= 11 is 0. The highest BCUT2D eigenvalue weighted by Crippen LogP contribution is 2.28. The highest BCUT2D eigenvalue weighted by Gasteiger charge is 2.29. The molecule has 8 nitrogen and oxygen atoms in total. The first-order valence-electron chi connectivity index (χ1n) is 11.7. The molecule has 0 radical (unpaired) electrons. The normalized spacial score (nSPS) is 17.2. The van der Waals surface area contributed by atoms with Gasteiger partial charge in [-0.3, -0.25) is 19.7 Å². The molecule has 1 aromatic carbocycles. The first kappa shape index (κ1) is 25.8. The standard InChI is InChI=1S/C15H26N2O3.C9H12N2O/c18-14(19)11-16-13(10-12-6-2-1-3-7-12)15(20)17-8-4-5-9-17;10-5-8-1-3-9(4-2-8)6-11-7-12/h12-13,16H,1-11H2,(H,18,19);1-4,7H,5-6,10H2,(H,11,12). The lowest BCUT2D eigenvalue weighted by Gasteiger charge is -2.29. The molecule has 5 N–H and O–H groups in total. The average Bonchev–Trinajstić information content (AvgIpc) is 3.36. The van der Waals surface area contributed by atoms with Crippen molar-refractivity contribution in [3.05, 3.63) is 35.4 Å². The zero-order chi connectivity index (χ0) is 23.2. The van der Waals surface area contributed by atoms with Crippen molar-refractivity contribution in [3.63, 3.8) is 0 Å². The monoisotopic (exact) mass is 446 g/mol. The second-order valence-corrected chi connectivity index (χ2v) is 8.62. The van der Waals surface area contributed by atoms with Crippen LogP contribution in [0.3, 0.4) is 0 Å². The van der Waals surface area contributed by atoms with E-state index in [1.54, 1.807) is 0 Å². The topological polar surface area (TPSA) is 125 Å². The van der Waals surface area contributed by atoms with Gasteiger partial charge in [0.1, 0.15) is 0 Å². The molecule has 1 unspecified atom stereocenters. The van der Waals surface area contributed by atoms with Gasteiger partial charge < -0.3 is 21.1 Å². The van der Waals surface area contributed by atoms with Crippen LogP contribution >= 0.6 is 0 Å². The molecule has 2 aliphatic rings. The van der Waals surface area contributed by atoms with E-state index in [0.29, 0.717) is 25.4 Å². The first-order valence-corrected chi connectivity index (χ1v) is 11.7. The Labute approximate surface area is 190 Å². The van der Waals surface area contributed by atoms with Crippen molar-refractivity contribution in [2.75, 3.05) is 19.6 Å². The van der Waals surface area contributed by atoms with Crippen molar-refractivity contribution >= 4 is 18.3 Å². The highest BCUT2D eigenvalue weighted by atomic mass is 16.4. The number of amides is 2. The van der Waals surface area contributed by atoms with E-state index in [9.17, 15) is 14.4 Å². The Morgan fingerprint density at radius 3 is 2.25 bits per heavy atom. The van der Waals surface area contributed by atoms with E-state index in [2.05, 4.69) is 10.6 Å². The first-order chi connectivity index (χ1) is 15.5. The third-order valence-electron chi connectivity index (χ3n) is 6.16. The molecule has 3 rings (SSSR count). The SMILES string of the molecule is NCc1ccc(CNC=O)cc1.O=C(O)CNC(CC1CCCCC1)C(=O)N1CCCC1. The van der Waals surface area contributed by atoms with Crippen LogP contribution in [0.1, 0.15) is 62.5 Å². The van der Waals surface area contributed by atoms with Crippen LogP contribution in [0.25, 0.3) is 0 Å². The molecule has 0 aromatic heterocycles. The van der Waals surface area contributed by atoms with Crippen LogP contribution in [0, 0.1) is 5.92 Å². The zero-order valence-electron chi connectivity index (χ0n) is 18.9. The summed E-state index contributed by atoms with van der Waals surface area (Å²) < 4.78 is 0. The van der Waals surface area contributed by atoms with Crippen molar-refractivity contribution < 1.29 is 19.5 Å². The number of carbonyl (C=O) groups is 3. The minimum absolute atomic E-state index is 0.106. The summed E-state index contributed by atoms with van der Waals surface area (Å²) in [7, 11) is 0. The lowest BCUT2D eigenvalue weighted by Crippen LogP contribution is -2.48. The smallest absolute Gasteiger partial charge is 0.317 e. The number of aliphatic carboxylic acids is 1. The number of nitrogens with zero attached hydrogens (tertiary/aromatic N) is 1. The van der Waals surface area contributed by atoms with Crippen LogP contribution in [-0.4, -0.2) is 54.0 Å². The zero-order valence-corrected chi connectivity index (χ0v) is 18.9. The molecular weight excluding hydrogens is 408 g/mol. The summed E-state index contributed by atoms with van der Waals surface area (Å²) in [5.74, 6) is -0.219. The molecule has 1 aromatic rings. The van der Waals surface area contributed by atoms with E-state index in [-0.39, 0.29) is 18.5 Å². The molecule has 2 amide bonds. The van der Waals surface area contributed by atoms with Gasteiger partial charge in [-0.2, -0.15) is 0 Å². The van der Waals surface area contributed by atoms with Gasteiger partial charge >= 0.3 is 5.97 Å². The lowest BCUT2D eigenvalue weighted by atomic mass is 9.84. The number of nitrogens with two attached hydrogens (primary N) is 1. The van der Waals surface area contributed by atoms with Gasteiger partial charge in [-0.1, -0.05) is 56.4 Å². The van der Waals surface area contributed by atoms with Crippen molar-refractivity contribution in [3.8, 4) is 0 Å². The molecule has 1 aliphatic heterocycles. The molecule has 1 saturated carbocycles. The van der Waals surface area contributed by atoms with Crippen LogP contribution in [0.15, 0.2) is 24.3 Å². The summed E-state index contributed by atoms with van der Waals surface area (Å²) in [5, 5.41) is 14.4. The van der Waals surface area contributed by atoms with Gasteiger partial charge in [-0.25, -0.2) is 0 Å². The Hall–Kier alpha value is -2.45. The predicted octanol–water partition coefficient (Wildman–Crippen LogP) is 2.01. The number of carbonyl (C=O) groups excluding carboxylic acids is 2. The molecule has 0 bridgehead atoms. The van der Waals surface area contributed by atoms with Gasteiger partial charge in [0.2, 0.25) is 12.3 Å². The number of carboxylic acid groups (broad SMARTS) is 1. The Kier molecular flexibility index (Phi) is 11.8. The second-order valence-electron chi connectivity index (χ2n) is 8.62. The fourth-order valence-corrected chi connectivity index (χ4v) is 4.35. The van der Waals surface area contributed by atoms with E-state index in [4.69, 9.17) is 10.8 Å². The minimum atomic E-state index is -0.895. The number of nitrogens with one attached hydrogen (secondary N) is 2. The fourth-order valence-electron chi connectivity index (χ4n) is 4.35. The highest BCUT2D eigenvalue weighted by molar-refractivity contribution is 5.82. The van der Waals surface area contributed by atoms with E-state index >= 15 is 0 Å². The van der Waals surface area contributed by atoms with Crippen LogP contribution in [0.4, 0.5) is 0 Å². The Bertz CT molecular complexity index is 698. The largest absolute Gasteiger partial charge is 0.480 e. The summed E-state index contributed by atoms with van der Waals surface area (Å²) in [6.07, 6.45) is 9.77. The van der Waals surface area contributed by atoms with E-state index in [0.717, 1.165) is 43.5 Å². The second kappa shape index (κ2) is 14.6. The van der Waals surface area contributed by atoms with Gasteiger partial charge in [-0.15, -0.1) is 0 Å². The number of hydrogen-bond acceptors (Lipinski definition) is 5. The molecule has 1 atom stereocenters. The van der Waals surface area contributed by atoms with Crippen molar-refractivity contribution in [2.45, 2.75) is 70.5 Å². The van der Waals surface area contributed by atoms with E-state index in [1.807, 2.05) is 29.2 Å². The van der Waals surface area contributed by atoms with Crippen LogP contribution < -0.4 is 16.4 Å². The summed E-state index contributed by atoms with van der Waals surface area (Å²) in [6, 6.07) is 7.52. The predicted molar refractivity (Wildman–Crippen MR) is 124 cm³/mol. The maximum Gasteiger partial charge on any atom is 0.317 e. The van der Waals surface area contributed by atoms with Crippen molar-refractivity contribution in [1.29, 1.82) is 0 Å². The quantitative estimate of drug-likeness (QED) is 0.408. The fraction of sp³-hybridized carbons (Fsp3) is 0.625. The Morgan fingerprint density at radius 2 is 1.69 bits per heavy atom. The molecule has 1 saturated heterocycles. The third-order valence-corrected chi connectivity index (χ3v) is 6.16. The van der Waals surface area contributed by atoms with Gasteiger partial charge in [0.15, 0.2) is 0 Å². The van der Waals surface area contributed by atoms with Crippen molar-refractivity contribution in [2.24, 2.45) is 11.7 Å². The Morgan fingerprint density at radius 1 is 1.06 bits per heavy atom. The van der Waals surface area contributed by atoms with E-state index < -0.39 is 5.97 Å². The van der Waals surface area contributed by atoms with Gasteiger partial charge in [-0.05, 0) is 36.3 Å². The number of rotatable bonds is 10. The summed E-state index contributed by atoms with van der Waals surface area (Å²) in [6.45, 7) is 2.66. The molecule has 8 heteroatoms. The summed E-state index contributed by atoms with van der Waals surface area (Å²) in [5.41, 5.74) is 7.61. The maximum atomic E-state index is 12.5. The average molecular weight is 447 g/mol. The van der Waals surface area contributed by atoms with Crippen LogP contribution in [0.2, 0.25) is 0 Å².